The number of hydrogen-bond donors (Lipinski definition) is 1. The first-order chi connectivity index (χ1) is 12.2. The van der Waals surface area contributed by atoms with Crippen LogP contribution in [0.2, 0.25) is 0 Å². The van der Waals surface area contributed by atoms with Crippen molar-refractivity contribution in [3.8, 4) is 0 Å². The van der Waals surface area contributed by atoms with Gasteiger partial charge in [0, 0.05) is 7.05 Å². The zero-order chi connectivity index (χ0) is 19.4. The van der Waals surface area contributed by atoms with Gasteiger partial charge in [0.15, 0.2) is 6.10 Å². The number of carbonyl (C=O) groups excluding carboxylic acids is 2. The van der Waals surface area contributed by atoms with E-state index in [1.807, 2.05) is 33.0 Å². The summed E-state index contributed by atoms with van der Waals surface area (Å²) in [6, 6.07) is 7.31. The van der Waals surface area contributed by atoms with E-state index in [0.29, 0.717) is 17.2 Å². The summed E-state index contributed by atoms with van der Waals surface area (Å²) in [5.41, 5.74) is 3.82. The van der Waals surface area contributed by atoms with Gasteiger partial charge in [0.25, 0.3) is 5.91 Å². The number of esters is 1. The van der Waals surface area contributed by atoms with Crippen LogP contribution in [-0.2, 0) is 23.0 Å². The molecular weight excluding hydrogens is 330 g/mol. The normalized spacial score (nSPS) is 12.1. The number of nitrogens with zero attached hydrogens (tertiary/aromatic N) is 2. The Labute approximate surface area is 154 Å². The molecule has 0 bridgehead atoms. The van der Waals surface area contributed by atoms with E-state index in [1.54, 1.807) is 23.7 Å². The Bertz CT molecular complexity index is 791. The van der Waals surface area contributed by atoms with Gasteiger partial charge in [0.05, 0.1) is 22.6 Å². The Morgan fingerprint density at radius 1 is 1.15 bits per heavy atom. The highest BCUT2D eigenvalue weighted by Crippen LogP contribution is 2.19. The van der Waals surface area contributed by atoms with Gasteiger partial charge in [-0.15, -0.1) is 0 Å². The van der Waals surface area contributed by atoms with Crippen LogP contribution in [0.5, 0.6) is 0 Å². The molecule has 26 heavy (non-hydrogen) atoms. The van der Waals surface area contributed by atoms with Crippen molar-refractivity contribution >= 4 is 17.6 Å². The van der Waals surface area contributed by atoms with Gasteiger partial charge >= 0.3 is 5.97 Å². The van der Waals surface area contributed by atoms with Crippen molar-refractivity contribution in [1.29, 1.82) is 0 Å². The van der Waals surface area contributed by atoms with E-state index in [2.05, 4.69) is 24.3 Å². The van der Waals surface area contributed by atoms with Crippen molar-refractivity contribution in [2.45, 2.75) is 47.1 Å². The molecule has 140 valence electrons. The number of benzene rings is 1. The average Bonchev–Trinajstić information content (AvgIpc) is 2.81. The van der Waals surface area contributed by atoms with E-state index in [4.69, 9.17) is 4.74 Å². The highest BCUT2D eigenvalue weighted by Gasteiger charge is 2.21. The molecule has 0 fully saturated rings. The van der Waals surface area contributed by atoms with Gasteiger partial charge in [-0.1, -0.05) is 26.0 Å². The molecule has 1 atom stereocenters. The summed E-state index contributed by atoms with van der Waals surface area (Å²) < 4.78 is 6.99. The first kappa shape index (κ1) is 19.7. The quantitative estimate of drug-likeness (QED) is 0.804. The monoisotopic (exact) mass is 357 g/mol. The van der Waals surface area contributed by atoms with Gasteiger partial charge in [0.2, 0.25) is 0 Å². The maximum Gasteiger partial charge on any atom is 0.338 e. The fourth-order valence-corrected chi connectivity index (χ4v) is 2.71. The number of nitrogens with one attached hydrogen (secondary N) is 1. The Balaban J connectivity index is 1.98. The zero-order valence-electron chi connectivity index (χ0n) is 16.3. The number of hydrogen-bond acceptors (Lipinski definition) is 4. The van der Waals surface area contributed by atoms with Crippen LogP contribution in [0, 0.1) is 19.8 Å². The molecule has 6 heteroatoms. The van der Waals surface area contributed by atoms with Crippen molar-refractivity contribution < 1.29 is 14.3 Å². The Hall–Kier alpha value is -2.63. The summed E-state index contributed by atoms with van der Waals surface area (Å²) in [6.07, 6.45) is 0.0506. The van der Waals surface area contributed by atoms with E-state index in [0.717, 1.165) is 17.8 Å². The topological polar surface area (TPSA) is 73.2 Å². The van der Waals surface area contributed by atoms with E-state index in [1.165, 1.54) is 5.56 Å². The molecule has 0 spiro atoms. The first-order valence-electron chi connectivity index (χ1n) is 8.80. The number of rotatable bonds is 6. The molecule has 0 saturated heterocycles. The van der Waals surface area contributed by atoms with Crippen molar-refractivity contribution in [2.75, 3.05) is 5.32 Å². The molecule has 2 aromatic rings. The molecule has 1 aromatic heterocycles. The van der Waals surface area contributed by atoms with E-state index >= 15 is 0 Å². The third-order valence-corrected chi connectivity index (χ3v) is 4.24. The minimum absolute atomic E-state index is 0.381. The lowest BCUT2D eigenvalue weighted by molar-refractivity contribution is -0.123. The van der Waals surface area contributed by atoms with Gasteiger partial charge in [-0.25, -0.2) is 4.79 Å². The SMILES string of the molecule is Cc1nn(C)c(C)c1NC(=O)[C@H](C)OC(=O)c1ccc(CC(C)C)cc1. The molecule has 1 amide bonds. The second kappa shape index (κ2) is 8.17. The lowest BCUT2D eigenvalue weighted by Gasteiger charge is -2.14. The fraction of sp³-hybridized carbons (Fsp3) is 0.450. The van der Waals surface area contributed by atoms with Gasteiger partial charge < -0.3 is 10.1 Å². The first-order valence-corrected chi connectivity index (χ1v) is 8.80. The predicted molar refractivity (Wildman–Crippen MR) is 101 cm³/mol. The summed E-state index contributed by atoms with van der Waals surface area (Å²) in [5, 5.41) is 7.04. The Morgan fingerprint density at radius 3 is 2.27 bits per heavy atom. The maximum atomic E-state index is 12.3. The smallest absolute Gasteiger partial charge is 0.338 e. The minimum atomic E-state index is -0.906. The summed E-state index contributed by atoms with van der Waals surface area (Å²) >= 11 is 0. The molecule has 0 radical (unpaired) electrons. The molecule has 2 rings (SSSR count). The van der Waals surface area contributed by atoms with Crippen LogP contribution in [0.15, 0.2) is 24.3 Å². The molecule has 1 heterocycles. The fourth-order valence-electron chi connectivity index (χ4n) is 2.71. The summed E-state index contributed by atoms with van der Waals surface area (Å²) in [7, 11) is 1.81. The lowest BCUT2D eigenvalue weighted by atomic mass is 10.0. The van der Waals surface area contributed by atoms with E-state index in [-0.39, 0.29) is 5.91 Å². The van der Waals surface area contributed by atoms with Crippen LogP contribution in [0.1, 0.15) is 48.1 Å². The predicted octanol–water partition coefficient (Wildman–Crippen LogP) is 3.42. The van der Waals surface area contributed by atoms with Crippen molar-refractivity contribution in [3.05, 3.63) is 46.8 Å². The second-order valence-electron chi connectivity index (χ2n) is 7.00. The van der Waals surface area contributed by atoms with Gasteiger partial charge in [-0.05, 0) is 50.8 Å². The number of ether oxygens (including phenoxy) is 1. The lowest BCUT2D eigenvalue weighted by Crippen LogP contribution is -2.30. The van der Waals surface area contributed by atoms with Gasteiger partial charge in [-0.2, -0.15) is 5.10 Å². The van der Waals surface area contributed by atoms with Crippen LogP contribution in [0.3, 0.4) is 0 Å². The molecule has 0 aliphatic carbocycles. The third kappa shape index (κ3) is 4.71. The Morgan fingerprint density at radius 2 is 1.77 bits per heavy atom. The average molecular weight is 357 g/mol. The summed E-state index contributed by atoms with van der Waals surface area (Å²) in [4.78, 5) is 24.6. The molecule has 1 N–H and O–H groups in total. The number of carbonyl (C=O) groups is 2. The highest BCUT2D eigenvalue weighted by molar-refractivity contribution is 5.98. The van der Waals surface area contributed by atoms with Crippen molar-refractivity contribution in [3.63, 3.8) is 0 Å². The minimum Gasteiger partial charge on any atom is -0.449 e. The van der Waals surface area contributed by atoms with Gasteiger partial charge in [-0.3, -0.25) is 9.48 Å². The third-order valence-electron chi connectivity index (χ3n) is 4.24. The largest absolute Gasteiger partial charge is 0.449 e. The van der Waals surface area contributed by atoms with Gasteiger partial charge in [0.1, 0.15) is 0 Å². The molecule has 1 aromatic carbocycles. The summed E-state index contributed by atoms with van der Waals surface area (Å²) in [5.74, 6) is -0.340. The highest BCUT2D eigenvalue weighted by atomic mass is 16.5. The van der Waals surface area contributed by atoms with Crippen LogP contribution in [0.25, 0.3) is 0 Å². The molecular formula is C20H27N3O3. The zero-order valence-corrected chi connectivity index (χ0v) is 16.3. The van der Waals surface area contributed by atoms with Crippen LogP contribution < -0.4 is 5.32 Å². The van der Waals surface area contributed by atoms with Crippen LogP contribution in [-0.4, -0.2) is 27.8 Å². The number of aryl methyl sites for hydroxylation is 2. The van der Waals surface area contributed by atoms with Crippen molar-refractivity contribution in [2.24, 2.45) is 13.0 Å². The molecule has 0 aliphatic heterocycles. The van der Waals surface area contributed by atoms with Crippen LogP contribution >= 0.6 is 0 Å². The number of anilines is 1. The van der Waals surface area contributed by atoms with Crippen molar-refractivity contribution in [1.82, 2.24) is 9.78 Å². The second-order valence-corrected chi connectivity index (χ2v) is 7.00. The van der Waals surface area contributed by atoms with E-state index in [9.17, 15) is 9.59 Å². The van der Waals surface area contributed by atoms with Crippen LogP contribution in [0.4, 0.5) is 5.69 Å². The standard InChI is InChI=1S/C20H27N3O3/c1-12(2)11-16-7-9-17(10-8-16)20(25)26-15(5)19(24)21-18-13(3)22-23(6)14(18)4/h7-10,12,15H,11H2,1-6H3,(H,21,24)/t15-/m0/s1. The molecule has 0 unspecified atom stereocenters. The number of aromatic nitrogens is 2. The van der Waals surface area contributed by atoms with E-state index < -0.39 is 12.1 Å². The maximum absolute atomic E-state index is 12.3. The molecule has 6 nitrogen and oxygen atoms in total. The summed E-state index contributed by atoms with van der Waals surface area (Å²) in [6.45, 7) is 9.53. The molecule has 0 saturated carbocycles. The Kier molecular flexibility index (Phi) is 6.18. The number of amides is 1. The molecule has 0 aliphatic rings.